The first-order chi connectivity index (χ1) is 17.3. The summed E-state index contributed by atoms with van der Waals surface area (Å²) < 4.78 is 38.9. The molecule has 0 aliphatic heterocycles. The average Bonchev–Trinajstić information content (AvgIpc) is 2.90. The molecule has 0 saturated heterocycles. The number of amides is 1. The Hall–Kier alpha value is -3.86. The minimum atomic E-state index is -4.05. The number of nitrogens with one attached hydrogen (secondary N) is 2. The number of sulfonamides is 1. The third-order valence-electron chi connectivity index (χ3n) is 6.05. The van der Waals surface area contributed by atoms with Crippen LogP contribution in [0.2, 0.25) is 0 Å². The van der Waals surface area contributed by atoms with Crippen LogP contribution in [0.25, 0.3) is 10.9 Å². The Morgan fingerprint density at radius 3 is 2.47 bits per heavy atom. The lowest BCUT2D eigenvalue weighted by Gasteiger charge is -2.20. The second kappa shape index (κ2) is 10.8. The van der Waals surface area contributed by atoms with E-state index in [4.69, 9.17) is 14.3 Å². The molecule has 1 aliphatic carbocycles. The Bertz CT molecular complexity index is 1390. The molecule has 0 radical (unpaired) electrons. The lowest BCUT2D eigenvalue weighted by Crippen LogP contribution is -2.33. The molecule has 36 heavy (non-hydrogen) atoms. The smallest absolute Gasteiger partial charge is 0.362 e. The second-order valence-corrected chi connectivity index (χ2v) is 10.1. The van der Waals surface area contributed by atoms with Crippen molar-refractivity contribution in [3.63, 3.8) is 0 Å². The molecule has 2 aromatic carbocycles. The number of ether oxygens (including phenoxy) is 2. The summed E-state index contributed by atoms with van der Waals surface area (Å²) in [6.45, 7) is 0. The standard InChI is InChI=1S/C25H27N3O7S/c1-33-20-9-11-22(34-2)23(14-20)36(31,32)28-19-13-18-12-17(8-10-21(18)26-15-19)25(30)35-27-24(29)16-6-4-3-5-7-16/h8-16,28H,3-7H2,1-2H3,(H,27,29). The van der Waals surface area contributed by atoms with E-state index in [0.717, 1.165) is 32.1 Å². The van der Waals surface area contributed by atoms with Crippen molar-refractivity contribution in [1.82, 2.24) is 10.5 Å². The van der Waals surface area contributed by atoms with Crippen LogP contribution in [-0.2, 0) is 19.7 Å². The lowest BCUT2D eigenvalue weighted by atomic mass is 9.89. The van der Waals surface area contributed by atoms with Gasteiger partial charge in [-0.05, 0) is 49.2 Å². The molecule has 0 spiro atoms. The van der Waals surface area contributed by atoms with E-state index in [2.05, 4.69) is 15.2 Å². The van der Waals surface area contributed by atoms with Gasteiger partial charge in [0.2, 0.25) is 0 Å². The van der Waals surface area contributed by atoms with Crippen molar-refractivity contribution in [2.75, 3.05) is 18.9 Å². The fourth-order valence-corrected chi connectivity index (χ4v) is 5.34. The lowest BCUT2D eigenvalue weighted by molar-refractivity contribution is -0.135. The summed E-state index contributed by atoms with van der Waals surface area (Å²) >= 11 is 0. The molecule has 2 N–H and O–H groups in total. The third-order valence-corrected chi connectivity index (χ3v) is 7.45. The van der Waals surface area contributed by atoms with E-state index >= 15 is 0 Å². The Labute approximate surface area is 209 Å². The summed E-state index contributed by atoms with van der Waals surface area (Å²) in [5.74, 6) is -0.668. The molecule has 3 aromatic rings. The first kappa shape index (κ1) is 25.2. The largest absolute Gasteiger partial charge is 0.497 e. The van der Waals surface area contributed by atoms with Gasteiger partial charge in [-0.1, -0.05) is 19.3 Å². The van der Waals surface area contributed by atoms with Crippen molar-refractivity contribution in [2.24, 2.45) is 5.92 Å². The van der Waals surface area contributed by atoms with E-state index in [1.165, 1.54) is 44.7 Å². The molecule has 11 heteroatoms. The van der Waals surface area contributed by atoms with Crippen molar-refractivity contribution >= 4 is 38.5 Å². The van der Waals surface area contributed by atoms with Crippen molar-refractivity contribution in [3.8, 4) is 11.5 Å². The van der Waals surface area contributed by atoms with Gasteiger partial charge in [-0.15, -0.1) is 0 Å². The maximum Gasteiger partial charge on any atom is 0.362 e. The fraction of sp³-hybridized carbons (Fsp3) is 0.320. The van der Waals surface area contributed by atoms with Gasteiger partial charge in [-0.2, -0.15) is 5.48 Å². The predicted octanol–water partition coefficient (Wildman–Crippen LogP) is 3.82. The number of carbonyl (C=O) groups excluding carboxylic acids is 2. The van der Waals surface area contributed by atoms with E-state index in [9.17, 15) is 18.0 Å². The van der Waals surface area contributed by atoms with Gasteiger partial charge in [0, 0.05) is 17.4 Å². The third kappa shape index (κ3) is 5.68. The minimum Gasteiger partial charge on any atom is -0.497 e. The zero-order valence-corrected chi connectivity index (χ0v) is 20.8. The summed E-state index contributed by atoms with van der Waals surface area (Å²) in [7, 11) is -1.24. The van der Waals surface area contributed by atoms with E-state index in [1.807, 2.05) is 0 Å². The van der Waals surface area contributed by atoms with Crippen molar-refractivity contribution in [3.05, 3.63) is 54.2 Å². The molecule has 1 heterocycles. The predicted molar refractivity (Wildman–Crippen MR) is 132 cm³/mol. The SMILES string of the molecule is COc1ccc(OC)c(S(=O)(=O)Nc2cnc3ccc(C(=O)ONC(=O)C4CCCCC4)cc3c2)c1. The number of methoxy groups -OCH3 is 2. The highest BCUT2D eigenvalue weighted by Gasteiger charge is 2.23. The molecular weight excluding hydrogens is 486 g/mol. The summed E-state index contributed by atoms with van der Waals surface area (Å²) in [5.41, 5.74) is 3.17. The molecule has 1 aromatic heterocycles. The number of rotatable bonds is 7. The summed E-state index contributed by atoms with van der Waals surface area (Å²) in [6, 6.07) is 10.6. The molecule has 1 fully saturated rings. The first-order valence-electron chi connectivity index (χ1n) is 11.5. The van der Waals surface area contributed by atoms with Gasteiger partial charge < -0.3 is 14.3 Å². The van der Waals surface area contributed by atoms with Crippen molar-refractivity contribution < 1.29 is 32.3 Å². The number of hydrogen-bond acceptors (Lipinski definition) is 8. The number of benzene rings is 2. The van der Waals surface area contributed by atoms with Gasteiger partial charge in [-0.3, -0.25) is 14.5 Å². The Morgan fingerprint density at radius 1 is 0.972 bits per heavy atom. The number of carbonyl (C=O) groups is 2. The zero-order valence-electron chi connectivity index (χ0n) is 19.9. The van der Waals surface area contributed by atoms with Gasteiger partial charge in [0.25, 0.3) is 15.9 Å². The van der Waals surface area contributed by atoms with E-state index in [1.54, 1.807) is 18.2 Å². The number of nitrogens with zero attached hydrogens (tertiary/aromatic N) is 1. The Kier molecular flexibility index (Phi) is 7.58. The minimum absolute atomic E-state index is 0.101. The van der Waals surface area contributed by atoms with Crippen LogP contribution in [0, 0.1) is 5.92 Å². The molecular formula is C25H27N3O7S. The molecule has 1 saturated carbocycles. The number of fused-ring (bicyclic) bond motifs is 1. The summed E-state index contributed by atoms with van der Waals surface area (Å²) in [4.78, 5) is 33.9. The van der Waals surface area contributed by atoms with Gasteiger partial charge in [0.15, 0.2) is 0 Å². The van der Waals surface area contributed by atoms with Gasteiger partial charge in [0.05, 0.1) is 37.2 Å². The van der Waals surface area contributed by atoms with Gasteiger partial charge in [0.1, 0.15) is 16.4 Å². The first-order valence-corrected chi connectivity index (χ1v) is 12.9. The van der Waals surface area contributed by atoms with Gasteiger partial charge in [-0.25, -0.2) is 13.2 Å². The fourth-order valence-electron chi connectivity index (χ4n) is 4.12. The molecule has 0 unspecified atom stereocenters. The molecule has 4 rings (SSSR count). The van der Waals surface area contributed by atoms with Crippen molar-refractivity contribution in [2.45, 2.75) is 37.0 Å². The van der Waals surface area contributed by atoms with Crippen LogP contribution in [-0.4, -0.2) is 39.5 Å². The summed E-state index contributed by atoms with van der Waals surface area (Å²) in [5, 5.41) is 0.501. The molecule has 1 aliphatic rings. The van der Waals surface area contributed by atoms with Crippen molar-refractivity contribution in [1.29, 1.82) is 0 Å². The highest BCUT2D eigenvalue weighted by Crippen LogP contribution is 2.30. The monoisotopic (exact) mass is 513 g/mol. The quantitative estimate of drug-likeness (QED) is 0.456. The Morgan fingerprint density at radius 2 is 1.75 bits per heavy atom. The molecule has 1 amide bonds. The average molecular weight is 514 g/mol. The van der Waals surface area contributed by atoms with Crippen LogP contribution in [0.5, 0.6) is 11.5 Å². The highest BCUT2D eigenvalue weighted by atomic mass is 32.2. The second-order valence-electron chi connectivity index (χ2n) is 8.44. The highest BCUT2D eigenvalue weighted by molar-refractivity contribution is 7.92. The van der Waals surface area contributed by atoms with E-state index in [-0.39, 0.29) is 33.7 Å². The molecule has 10 nitrogen and oxygen atoms in total. The number of pyridine rings is 1. The normalized spacial score (nSPS) is 14.2. The van der Waals surface area contributed by atoms with Crippen LogP contribution in [0.3, 0.4) is 0 Å². The molecule has 0 bridgehead atoms. The zero-order chi connectivity index (χ0) is 25.7. The number of aromatic nitrogens is 1. The van der Waals surface area contributed by atoms with E-state index < -0.39 is 16.0 Å². The number of hydroxylamine groups is 1. The maximum atomic E-state index is 13.1. The number of anilines is 1. The van der Waals surface area contributed by atoms with Crippen LogP contribution in [0.4, 0.5) is 5.69 Å². The topological polar surface area (TPSA) is 133 Å². The van der Waals surface area contributed by atoms with Crippen LogP contribution < -0.4 is 19.7 Å². The van der Waals surface area contributed by atoms with Crippen LogP contribution >= 0.6 is 0 Å². The maximum absolute atomic E-state index is 13.1. The van der Waals surface area contributed by atoms with Crippen LogP contribution in [0.1, 0.15) is 42.5 Å². The summed E-state index contributed by atoms with van der Waals surface area (Å²) in [6.07, 6.45) is 6.02. The number of hydrogen-bond donors (Lipinski definition) is 2. The molecule has 190 valence electrons. The molecule has 0 atom stereocenters. The van der Waals surface area contributed by atoms with Crippen LogP contribution in [0.15, 0.2) is 53.6 Å². The van der Waals surface area contributed by atoms with Gasteiger partial charge >= 0.3 is 5.97 Å². The van der Waals surface area contributed by atoms with E-state index in [0.29, 0.717) is 16.7 Å². The Balaban J connectivity index is 1.51.